The van der Waals surface area contributed by atoms with Crippen LogP contribution in [0.1, 0.15) is 20.8 Å². The quantitative estimate of drug-likeness (QED) is 0.773. The smallest absolute Gasteiger partial charge is 0.165 e. The highest BCUT2D eigenvalue weighted by atomic mass is 19.1. The number of aromatic nitrogens is 2. The monoisotopic (exact) mass is 325 g/mol. The van der Waals surface area contributed by atoms with E-state index in [4.69, 9.17) is 0 Å². The third-order valence-corrected chi connectivity index (χ3v) is 4.02. The van der Waals surface area contributed by atoms with Gasteiger partial charge < -0.3 is 10.0 Å². The molecule has 24 heavy (non-hydrogen) atoms. The number of phenols is 1. The number of aromatic hydroxyl groups is 1. The molecule has 0 spiro atoms. The Balaban J connectivity index is 2.31. The summed E-state index contributed by atoms with van der Waals surface area (Å²) in [5, 5.41) is 10.8. The fourth-order valence-electron chi connectivity index (χ4n) is 2.85. The maximum absolute atomic E-state index is 13.8. The molecule has 0 unspecified atom stereocenters. The zero-order chi connectivity index (χ0) is 17.3. The first kappa shape index (κ1) is 16.2. The number of nitrogens with zero attached hydrogens (tertiary/aromatic N) is 3. The molecule has 0 fully saturated rings. The van der Waals surface area contributed by atoms with E-state index < -0.39 is 0 Å². The Kier molecular flexibility index (Phi) is 4.34. The van der Waals surface area contributed by atoms with E-state index in [2.05, 4.69) is 28.7 Å². The van der Waals surface area contributed by atoms with Gasteiger partial charge in [-0.25, -0.2) is 14.4 Å². The van der Waals surface area contributed by atoms with E-state index >= 15 is 0 Å². The molecule has 0 bridgehead atoms. The van der Waals surface area contributed by atoms with Crippen molar-refractivity contribution >= 4 is 16.7 Å². The number of rotatable bonds is 4. The molecule has 3 aromatic rings. The van der Waals surface area contributed by atoms with Crippen molar-refractivity contribution in [1.29, 1.82) is 0 Å². The van der Waals surface area contributed by atoms with Crippen LogP contribution < -0.4 is 4.90 Å². The van der Waals surface area contributed by atoms with Crippen LogP contribution in [0.2, 0.25) is 0 Å². The molecule has 0 aliphatic heterocycles. The predicted molar refractivity (Wildman–Crippen MR) is 94.8 cm³/mol. The fourth-order valence-corrected chi connectivity index (χ4v) is 2.85. The number of hydrogen-bond acceptors (Lipinski definition) is 4. The molecule has 3 rings (SSSR count). The minimum absolute atomic E-state index is 0.123. The molecule has 0 aliphatic rings. The summed E-state index contributed by atoms with van der Waals surface area (Å²) in [6.45, 7) is 6.90. The molecule has 5 heteroatoms. The van der Waals surface area contributed by atoms with Crippen LogP contribution in [-0.4, -0.2) is 27.7 Å². The molecule has 1 aromatic heterocycles. The Labute approximate surface area is 140 Å². The zero-order valence-corrected chi connectivity index (χ0v) is 14.0. The molecule has 124 valence electrons. The van der Waals surface area contributed by atoms with Crippen LogP contribution in [0, 0.1) is 5.82 Å². The maximum atomic E-state index is 13.8. The van der Waals surface area contributed by atoms with Gasteiger partial charge in [-0.15, -0.1) is 0 Å². The first-order chi connectivity index (χ1) is 11.5. The van der Waals surface area contributed by atoms with E-state index in [-0.39, 0.29) is 17.6 Å². The van der Waals surface area contributed by atoms with Crippen LogP contribution in [0.15, 0.2) is 42.5 Å². The second-order valence-corrected chi connectivity index (χ2v) is 5.93. The number of halogens is 1. The first-order valence-electron chi connectivity index (χ1n) is 8.03. The third-order valence-electron chi connectivity index (χ3n) is 4.02. The van der Waals surface area contributed by atoms with Crippen molar-refractivity contribution in [3.63, 3.8) is 0 Å². The Hall–Kier alpha value is -2.69. The van der Waals surface area contributed by atoms with E-state index in [0.29, 0.717) is 28.1 Å². The summed E-state index contributed by atoms with van der Waals surface area (Å²) in [4.78, 5) is 11.3. The summed E-state index contributed by atoms with van der Waals surface area (Å²) < 4.78 is 13.8. The van der Waals surface area contributed by atoms with Gasteiger partial charge in [-0.3, -0.25) is 0 Å². The van der Waals surface area contributed by atoms with E-state index in [1.807, 2.05) is 13.0 Å². The molecule has 1 heterocycles. The van der Waals surface area contributed by atoms with E-state index in [0.717, 1.165) is 6.54 Å². The molecule has 1 N–H and O–H groups in total. The zero-order valence-electron chi connectivity index (χ0n) is 14.0. The molecule has 0 amide bonds. The normalized spacial score (nSPS) is 11.2. The topological polar surface area (TPSA) is 49.2 Å². The lowest BCUT2D eigenvalue weighted by Gasteiger charge is -2.27. The van der Waals surface area contributed by atoms with Gasteiger partial charge in [0.1, 0.15) is 17.4 Å². The molecular formula is C19H20FN3O. The van der Waals surface area contributed by atoms with Crippen molar-refractivity contribution in [2.45, 2.75) is 26.8 Å². The van der Waals surface area contributed by atoms with Crippen molar-refractivity contribution in [2.24, 2.45) is 0 Å². The van der Waals surface area contributed by atoms with Crippen molar-refractivity contribution in [1.82, 2.24) is 9.97 Å². The SMILES string of the molecule is CCN(c1nc(-c2ccccc2O)nc2ccc(F)cc12)C(C)C. The van der Waals surface area contributed by atoms with Gasteiger partial charge >= 0.3 is 0 Å². The largest absolute Gasteiger partial charge is 0.507 e. The van der Waals surface area contributed by atoms with Gasteiger partial charge in [0.15, 0.2) is 5.82 Å². The Bertz CT molecular complexity index is 880. The second kappa shape index (κ2) is 6.43. The van der Waals surface area contributed by atoms with E-state index in [9.17, 15) is 9.50 Å². The van der Waals surface area contributed by atoms with Crippen LogP contribution in [0.3, 0.4) is 0 Å². The van der Waals surface area contributed by atoms with E-state index in [1.54, 1.807) is 24.3 Å². The summed E-state index contributed by atoms with van der Waals surface area (Å²) in [5.74, 6) is 0.913. The Morgan fingerprint density at radius 2 is 1.88 bits per heavy atom. The van der Waals surface area contributed by atoms with Crippen molar-refractivity contribution < 1.29 is 9.50 Å². The summed E-state index contributed by atoms with van der Waals surface area (Å²) in [5.41, 5.74) is 1.21. The lowest BCUT2D eigenvalue weighted by atomic mass is 10.1. The maximum Gasteiger partial charge on any atom is 0.165 e. The van der Waals surface area contributed by atoms with Gasteiger partial charge in [-0.1, -0.05) is 12.1 Å². The van der Waals surface area contributed by atoms with Crippen LogP contribution in [0.25, 0.3) is 22.3 Å². The number of fused-ring (bicyclic) bond motifs is 1. The summed E-state index contributed by atoms with van der Waals surface area (Å²) in [6, 6.07) is 11.7. The lowest BCUT2D eigenvalue weighted by Crippen LogP contribution is -2.31. The van der Waals surface area contributed by atoms with Gasteiger partial charge in [0.25, 0.3) is 0 Å². The molecular weight excluding hydrogens is 305 g/mol. The Morgan fingerprint density at radius 3 is 2.54 bits per heavy atom. The summed E-state index contributed by atoms with van der Waals surface area (Å²) in [7, 11) is 0. The molecule has 0 saturated carbocycles. The van der Waals surface area contributed by atoms with Crippen LogP contribution in [0.4, 0.5) is 10.2 Å². The van der Waals surface area contributed by atoms with Crippen molar-refractivity contribution in [3.05, 3.63) is 48.3 Å². The molecule has 0 atom stereocenters. The third kappa shape index (κ3) is 2.89. The first-order valence-corrected chi connectivity index (χ1v) is 8.03. The van der Waals surface area contributed by atoms with Crippen LogP contribution >= 0.6 is 0 Å². The Morgan fingerprint density at radius 1 is 1.12 bits per heavy atom. The minimum Gasteiger partial charge on any atom is -0.507 e. The van der Waals surface area contributed by atoms with Gasteiger partial charge in [0.2, 0.25) is 0 Å². The number of phenolic OH excluding ortho intramolecular Hbond substituents is 1. The number of hydrogen-bond donors (Lipinski definition) is 1. The highest BCUT2D eigenvalue weighted by Gasteiger charge is 2.18. The second-order valence-electron chi connectivity index (χ2n) is 5.93. The minimum atomic E-state index is -0.317. The molecule has 0 radical (unpaired) electrons. The number of para-hydroxylation sites is 1. The van der Waals surface area contributed by atoms with E-state index in [1.165, 1.54) is 12.1 Å². The van der Waals surface area contributed by atoms with Crippen molar-refractivity contribution in [2.75, 3.05) is 11.4 Å². The molecule has 0 saturated heterocycles. The average Bonchev–Trinajstić information content (AvgIpc) is 2.55. The number of benzene rings is 2. The van der Waals surface area contributed by atoms with Gasteiger partial charge in [0, 0.05) is 18.0 Å². The van der Waals surface area contributed by atoms with Crippen LogP contribution in [0.5, 0.6) is 5.75 Å². The number of anilines is 1. The highest BCUT2D eigenvalue weighted by molar-refractivity contribution is 5.91. The fraction of sp³-hybridized carbons (Fsp3) is 0.263. The summed E-state index contributed by atoms with van der Waals surface area (Å²) >= 11 is 0. The average molecular weight is 325 g/mol. The lowest BCUT2D eigenvalue weighted by molar-refractivity contribution is 0.477. The summed E-state index contributed by atoms with van der Waals surface area (Å²) in [6.07, 6.45) is 0. The molecule has 2 aromatic carbocycles. The van der Waals surface area contributed by atoms with Crippen molar-refractivity contribution in [3.8, 4) is 17.1 Å². The highest BCUT2D eigenvalue weighted by Crippen LogP contribution is 2.32. The predicted octanol–water partition coefficient (Wildman–Crippen LogP) is 4.38. The molecule has 4 nitrogen and oxygen atoms in total. The standard InChI is InChI=1S/C19H20FN3O/c1-4-23(12(2)3)19-15-11-13(20)9-10-16(15)21-18(22-19)14-7-5-6-8-17(14)24/h5-12,24H,4H2,1-3H3. The van der Waals surface area contributed by atoms with Crippen LogP contribution in [-0.2, 0) is 0 Å². The molecule has 0 aliphatic carbocycles. The van der Waals surface area contributed by atoms with Gasteiger partial charge in [0.05, 0.1) is 11.1 Å². The van der Waals surface area contributed by atoms with Gasteiger partial charge in [-0.2, -0.15) is 0 Å². The van der Waals surface area contributed by atoms with Gasteiger partial charge in [-0.05, 0) is 51.1 Å².